The number of amides is 1. The Labute approximate surface area is 98.8 Å². The first-order chi connectivity index (χ1) is 6.62. The third kappa shape index (κ3) is 3.40. The summed E-state index contributed by atoms with van der Waals surface area (Å²) in [5.41, 5.74) is 0.200. The van der Waals surface area contributed by atoms with Gasteiger partial charge in [0, 0.05) is 23.8 Å². The molecule has 1 heterocycles. The van der Waals surface area contributed by atoms with Crippen LogP contribution >= 0.6 is 12.6 Å². The van der Waals surface area contributed by atoms with Crippen molar-refractivity contribution in [3.63, 3.8) is 0 Å². The van der Waals surface area contributed by atoms with Crippen LogP contribution < -0.4 is 0 Å². The zero-order valence-corrected chi connectivity index (χ0v) is 11.4. The van der Waals surface area contributed by atoms with E-state index in [2.05, 4.69) is 47.2 Å². The number of carbonyl (C=O) groups is 1. The van der Waals surface area contributed by atoms with E-state index < -0.39 is 0 Å². The van der Waals surface area contributed by atoms with Gasteiger partial charge in [-0.05, 0) is 25.7 Å². The molecule has 1 fully saturated rings. The van der Waals surface area contributed by atoms with E-state index in [0.717, 1.165) is 13.0 Å². The van der Waals surface area contributed by atoms with Gasteiger partial charge in [-0.25, -0.2) is 0 Å². The monoisotopic (exact) mass is 229 g/mol. The fraction of sp³-hybridized carbons (Fsp3) is 0.917. The molecule has 0 spiro atoms. The molecular weight excluding hydrogens is 206 g/mol. The molecule has 15 heavy (non-hydrogen) atoms. The van der Waals surface area contributed by atoms with Crippen LogP contribution in [0.4, 0.5) is 0 Å². The molecule has 0 radical (unpaired) electrons. The van der Waals surface area contributed by atoms with Crippen molar-refractivity contribution in [3.05, 3.63) is 0 Å². The van der Waals surface area contributed by atoms with Crippen molar-refractivity contribution in [2.45, 2.75) is 58.2 Å². The van der Waals surface area contributed by atoms with Crippen LogP contribution in [0.5, 0.6) is 0 Å². The second-order valence-electron chi connectivity index (χ2n) is 6.41. The lowest BCUT2D eigenvalue weighted by Gasteiger charge is -2.40. The van der Waals surface area contributed by atoms with Crippen molar-refractivity contribution < 1.29 is 4.79 Å². The highest BCUT2D eigenvalue weighted by atomic mass is 32.1. The molecule has 0 bridgehead atoms. The molecule has 1 aliphatic rings. The van der Waals surface area contributed by atoms with Gasteiger partial charge in [0.1, 0.15) is 0 Å². The van der Waals surface area contributed by atoms with Gasteiger partial charge in [-0.3, -0.25) is 4.79 Å². The Balaban J connectivity index is 2.73. The lowest BCUT2D eigenvalue weighted by Crippen LogP contribution is -2.47. The van der Waals surface area contributed by atoms with Crippen LogP contribution in [0.1, 0.15) is 47.5 Å². The summed E-state index contributed by atoms with van der Waals surface area (Å²) < 4.78 is 0. The van der Waals surface area contributed by atoms with Gasteiger partial charge < -0.3 is 4.90 Å². The van der Waals surface area contributed by atoms with Gasteiger partial charge in [0.2, 0.25) is 5.91 Å². The smallest absolute Gasteiger partial charge is 0.224 e. The summed E-state index contributed by atoms with van der Waals surface area (Å²) in [7, 11) is 0. The largest absolute Gasteiger partial charge is 0.336 e. The summed E-state index contributed by atoms with van der Waals surface area (Å²) in [4.78, 5) is 13.8. The molecule has 0 aromatic carbocycles. The van der Waals surface area contributed by atoms with Crippen molar-refractivity contribution in [2.75, 3.05) is 6.54 Å². The highest BCUT2D eigenvalue weighted by Gasteiger charge is 2.39. The minimum atomic E-state index is -0.0488. The molecule has 0 aromatic heterocycles. The van der Waals surface area contributed by atoms with Gasteiger partial charge >= 0.3 is 0 Å². The predicted molar refractivity (Wildman–Crippen MR) is 67.3 cm³/mol. The summed E-state index contributed by atoms with van der Waals surface area (Å²) in [6.45, 7) is 11.8. The van der Waals surface area contributed by atoms with E-state index in [-0.39, 0.29) is 22.1 Å². The Morgan fingerprint density at radius 2 is 1.87 bits per heavy atom. The number of likely N-dealkylation sites (tertiary alicyclic amines) is 1. The minimum absolute atomic E-state index is 0.0488. The maximum absolute atomic E-state index is 11.8. The molecule has 1 amide bonds. The number of thiol groups is 1. The lowest BCUT2D eigenvalue weighted by atomic mass is 9.81. The van der Waals surface area contributed by atoms with E-state index in [4.69, 9.17) is 0 Å². The van der Waals surface area contributed by atoms with Gasteiger partial charge in [-0.15, -0.1) is 0 Å². The Bertz CT molecular complexity index is 255. The molecule has 2 nitrogen and oxygen atoms in total. The Morgan fingerprint density at radius 3 is 2.20 bits per heavy atom. The SMILES string of the molecule is CC(C)(C)CC(C)(C)N1CC(S)CC1=O. The minimum Gasteiger partial charge on any atom is -0.336 e. The van der Waals surface area contributed by atoms with E-state index >= 15 is 0 Å². The van der Waals surface area contributed by atoms with Crippen LogP contribution in [-0.2, 0) is 4.79 Å². The van der Waals surface area contributed by atoms with Gasteiger partial charge in [0.15, 0.2) is 0 Å². The molecule has 1 unspecified atom stereocenters. The van der Waals surface area contributed by atoms with Crippen molar-refractivity contribution in [2.24, 2.45) is 5.41 Å². The maximum Gasteiger partial charge on any atom is 0.224 e. The van der Waals surface area contributed by atoms with Crippen molar-refractivity contribution in [3.8, 4) is 0 Å². The second kappa shape index (κ2) is 4.00. The number of hydrogen-bond acceptors (Lipinski definition) is 2. The van der Waals surface area contributed by atoms with Gasteiger partial charge in [-0.1, -0.05) is 20.8 Å². The third-order valence-corrected chi connectivity index (χ3v) is 3.14. The van der Waals surface area contributed by atoms with E-state index in [1.165, 1.54) is 0 Å². The first-order valence-electron chi connectivity index (χ1n) is 5.60. The quantitative estimate of drug-likeness (QED) is 0.722. The standard InChI is InChI=1S/C12H23NOS/c1-11(2,3)8-12(4,5)13-7-9(15)6-10(13)14/h9,15H,6-8H2,1-5H3. The maximum atomic E-state index is 11.8. The zero-order chi connectivity index (χ0) is 11.9. The highest BCUT2D eigenvalue weighted by molar-refractivity contribution is 7.81. The average molecular weight is 229 g/mol. The molecule has 1 atom stereocenters. The van der Waals surface area contributed by atoms with Crippen LogP contribution in [0.3, 0.4) is 0 Å². The summed E-state index contributed by atoms with van der Waals surface area (Å²) in [5, 5.41) is 0.219. The summed E-state index contributed by atoms with van der Waals surface area (Å²) in [6, 6.07) is 0. The van der Waals surface area contributed by atoms with Crippen molar-refractivity contribution in [1.29, 1.82) is 0 Å². The van der Waals surface area contributed by atoms with Crippen LogP contribution in [0.25, 0.3) is 0 Å². The number of hydrogen-bond donors (Lipinski definition) is 1. The molecule has 0 aromatic rings. The van der Waals surface area contributed by atoms with Crippen molar-refractivity contribution >= 4 is 18.5 Å². The molecule has 3 heteroatoms. The fourth-order valence-electron chi connectivity index (χ4n) is 2.67. The first-order valence-corrected chi connectivity index (χ1v) is 6.12. The summed E-state index contributed by atoms with van der Waals surface area (Å²) >= 11 is 4.39. The highest BCUT2D eigenvalue weighted by Crippen LogP contribution is 2.34. The van der Waals surface area contributed by atoms with Crippen LogP contribution in [0.2, 0.25) is 0 Å². The Morgan fingerprint density at radius 1 is 1.33 bits per heavy atom. The molecule has 1 saturated heterocycles. The van der Waals surface area contributed by atoms with Crippen LogP contribution in [0, 0.1) is 5.41 Å². The van der Waals surface area contributed by atoms with Crippen LogP contribution in [0.15, 0.2) is 0 Å². The average Bonchev–Trinajstić information content (AvgIpc) is 2.24. The molecule has 1 rings (SSSR count). The first kappa shape index (κ1) is 12.9. The van der Waals surface area contributed by atoms with E-state index in [1.54, 1.807) is 0 Å². The van der Waals surface area contributed by atoms with Crippen LogP contribution in [-0.4, -0.2) is 28.1 Å². The third-order valence-electron chi connectivity index (χ3n) is 2.80. The van der Waals surface area contributed by atoms with E-state index in [0.29, 0.717) is 6.42 Å². The van der Waals surface area contributed by atoms with Crippen molar-refractivity contribution in [1.82, 2.24) is 4.90 Å². The Hall–Kier alpha value is -0.180. The Kier molecular flexibility index (Phi) is 3.44. The molecule has 0 saturated carbocycles. The number of nitrogens with zero attached hydrogens (tertiary/aromatic N) is 1. The van der Waals surface area contributed by atoms with Gasteiger partial charge in [-0.2, -0.15) is 12.6 Å². The molecule has 1 aliphatic heterocycles. The topological polar surface area (TPSA) is 20.3 Å². The lowest BCUT2D eigenvalue weighted by molar-refractivity contribution is -0.133. The van der Waals surface area contributed by atoms with E-state index in [9.17, 15) is 4.79 Å². The van der Waals surface area contributed by atoms with E-state index in [1.807, 2.05) is 4.90 Å². The molecule has 88 valence electrons. The van der Waals surface area contributed by atoms with Gasteiger partial charge in [0.05, 0.1) is 0 Å². The molecule has 0 aliphatic carbocycles. The summed E-state index contributed by atoms with van der Waals surface area (Å²) in [6.07, 6.45) is 1.61. The summed E-state index contributed by atoms with van der Waals surface area (Å²) in [5.74, 6) is 0.254. The molecule has 0 N–H and O–H groups in total. The predicted octanol–water partition coefficient (Wildman–Crippen LogP) is 2.73. The normalized spacial score (nSPS) is 23.7. The number of rotatable bonds is 2. The number of carbonyl (C=O) groups excluding carboxylic acids is 1. The zero-order valence-electron chi connectivity index (χ0n) is 10.5. The molecular formula is C12H23NOS. The second-order valence-corrected chi connectivity index (χ2v) is 7.14. The fourth-order valence-corrected chi connectivity index (χ4v) is 2.99. The van der Waals surface area contributed by atoms with Gasteiger partial charge in [0.25, 0.3) is 0 Å².